The summed E-state index contributed by atoms with van der Waals surface area (Å²) in [5.41, 5.74) is 0. The molecule has 1 fully saturated rings. The maximum absolute atomic E-state index is 11.9. The van der Waals surface area contributed by atoms with Gasteiger partial charge in [0.25, 0.3) is 0 Å². The van der Waals surface area contributed by atoms with E-state index in [2.05, 4.69) is 5.32 Å². The molecular weight excluding hydrogens is 262 g/mol. The van der Waals surface area contributed by atoms with E-state index in [1.807, 2.05) is 19.9 Å². The number of aryl methyl sites for hydroxylation is 1. The summed E-state index contributed by atoms with van der Waals surface area (Å²) in [6, 6.07) is 2.30. The second kappa shape index (κ2) is 7.01. The molecule has 1 atom stereocenters. The van der Waals surface area contributed by atoms with Gasteiger partial charge >= 0.3 is 5.97 Å². The number of esters is 1. The molecule has 1 aromatic heterocycles. The molecule has 0 spiro atoms. The molecule has 2 rings (SSSR count). The number of hydrogen-bond acceptors (Lipinski definition) is 5. The van der Waals surface area contributed by atoms with Gasteiger partial charge in [-0.1, -0.05) is 0 Å². The lowest BCUT2D eigenvalue weighted by Gasteiger charge is -2.16. The summed E-state index contributed by atoms with van der Waals surface area (Å²) in [5, 5.41) is 3.36. The zero-order chi connectivity index (χ0) is 13.7. The highest BCUT2D eigenvalue weighted by Crippen LogP contribution is 2.25. The molecular formula is C14H21NO3S. The van der Waals surface area contributed by atoms with Crippen LogP contribution in [0.5, 0.6) is 0 Å². The van der Waals surface area contributed by atoms with E-state index in [-0.39, 0.29) is 12.0 Å². The zero-order valence-electron chi connectivity index (χ0n) is 11.5. The monoisotopic (exact) mass is 283 g/mol. The lowest BCUT2D eigenvalue weighted by atomic mass is 10.2. The lowest BCUT2D eigenvalue weighted by molar-refractivity contribution is -0.145. The van der Waals surface area contributed by atoms with Crippen molar-refractivity contribution in [3.63, 3.8) is 0 Å². The Morgan fingerprint density at radius 1 is 1.63 bits per heavy atom. The Bertz CT molecular complexity index is 415. The van der Waals surface area contributed by atoms with Crippen molar-refractivity contribution in [2.24, 2.45) is 0 Å². The quantitative estimate of drug-likeness (QED) is 0.587. The topological polar surface area (TPSA) is 51.5 Å². The first-order valence-electron chi connectivity index (χ1n) is 6.80. The number of thioether (sulfide) groups is 1. The highest BCUT2D eigenvalue weighted by Gasteiger charge is 2.28. The molecule has 0 radical (unpaired) electrons. The fourth-order valence-corrected chi connectivity index (χ4v) is 2.83. The molecule has 0 bridgehead atoms. The van der Waals surface area contributed by atoms with Crippen LogP contribution in [0.2, 0.25) is 0 Å². The van der Waals surface area contributed by atoms with Crippen molar-refractivity contribution in [3.8, 4) is 0 Å². The van der Waals surface area contributed by atoms with E-state index >= 15 is 0 Å². The molecule has 1 unspecified atom stereocenters. The highest BCUT2D eigenvalue weighted by atomic mass is 32.2. The normalized spacial score (nSPS) is 16.3. The van der Waals surface area contributed by atoms with Crippen LogP contribution in [-0.2, 0) is 9.53 Å². The van der Waals surface area contributed by atoms with Gasteiger partial charge in [-0.3, -0.25) is 4.79 Å². The van der Waals surface area contributed by atoms with Crippen molar-refractivity contribution in [2.45, 2.75) is 50.1 Å². The molecule has 5 heteroatoms. The second-order valence-corrected chi connectivity index (χ2v) is 5.86. The summed E-state index contributed by atoms with van der Waals surface area (Å²) in [5.74, 6) is 1.69. The Labute approximate surface area is 118 Å². The number of rotatable bonds is 8. The smallest absolute Gasteiger partial charge is 0.323 e. The number of hydrogen-bond donors (Lipinski definition) is 1. The van der Waals surface area contributed by atoms with Crippen LogP contribution in [-0.4, -0.2) is 30.4 Å². The van der Waals surface area contributed by atoms with Gasteiger partial charge in [-0.15, -0.1) is 11.8 Å². The molecule has 106 valence electrons. The summed E-state index contributed by atoms with van der Waals surface area (Å²) < 4.78 is 10.4. The van der Waals surface area contributed by atoms with Crippen LogP contribution < -0.4 is 5.32 Å². The third kappa shape index (κ3) is 4.58. The Kier molecular flexibility index (Phi) is 5.34. The van der Waals surface area contributed by atoms with E-state index in [9.17, 15) is 4.79 Å². The first kappa shape index (κ1) is 14.5. The minimum Gasteiger partial charge on any atom is -0.468 e. The molecule has 0 amide bonds. The van der Waals surface area contributed by atoms with Gasteiger partial charge in [0, 0.05) is 16.7 Å². The maximum atomic E-state index is 11.9. The van der Waals surface area contributed by atoms with Crippen LogP contribution in [0.15, 0.2) is 21.6 Å². The highest BCUT2D eigenvalue weighted by molar-refractivity contribution is 7.99. The van der Waals surface area contributed by atoms with E-state index < -0.39 is 0 Å². The Morgan fingerprint density at radius 3 is 3.00 bits per heavy atom. The second-order valence-electron chi connectivity index (χ2n) is 4.72. The number of carbonyl (C=O) groups is 1. The first-order chi connectivity index (χ1) is 9.20. The van der Waals surface area contributed by atoms with Crippen molar-refractivity contribution < 1.29 is 13.9 Å². The third-order valence-electron chi connectivity index (χ3n) is 3.06. The minimum atomic E-state index is -0.174. The Balaban J connectivity index is 1.78. The van der Waals surface area contributed by atoms with Gasteiger partial charge in [-0.25, -0.2) is 0 Å². The average molecular weight is 283 g/mol. The van der Waals surface area contributed by atoms with Gasteiger partial charge < -0.3 is 14.5 Å². The summed E-state index contributed by atoms with van der Waals surface area (Å²) in [4.78, 5) is 13.0. The van der Waals surface area contributed by atoms with E-state index in [1.54, 1.807) is 18.0 Å². The number of ether oxygens (including phenoxy) is 1. The van der Waals surface area contributed by atoms with Crippen molar-refractivity contribution in [1.82, 2.24) is 5.32 Å². The van der Waals surface area contributed by atoms with Crippen molar-refractivity contribution in [3.05, 3.63) is 18.1 Å². The van der Waals surface area contributed by atoms with Crippen LogP contribution in [0.4, 0.5) is 0 Å². The van der Waals surface area contributed by atoms with E-state index in [0.717, 1.165) is 22.8 Å². The Morgan fingerprint density at radius 2 is 2.42 bits per heavy atom. The van der Waals surface area contributed by atoms with Gasteiger partial charge in [0.2, 0.25) is 0 Å². The Hall–Kier alpha value is -0.940. The fourth-order valence-electron chi connectivity index (χ4n) is 1.86. The van der Waals surface area contributed by atoms with Gasteiger partial charge in [-0.05, 0) is 39.2 Å². The minimum absolute atomic E-state index is 0.126. The van der Waals surface area contributed by atoms with Crippen LogP contribution in [0.3, 0.4) is 0 Å². The standard InChI is InChI=1S/C14H21NO3S/c1-3-17-14(16)12(15-11-4-5-11)7-9-19-13-6-8-18-10(13)2/h6,8,11-12,15H,3-5,7,9H2,1-2H3. The molecule has 1 N–H and O–H groups in total. The molecule has 1 saturated carbocycles. The van der Waals surface area contributed by atoms with Crippen LogP contribution in [0, 0.1) is 6.92 Å². The van der Waals surface area contributed by atoms with Gasteiger partial charge in [0.1, 0.15) is 11.8 Å². The average Bonchev–Trinajstić information content (AvgIpc) is 3.11. The van der Waals surface area contributed by atoms with E-state index in [0.29, 0.717) is 12.6 Å². The lowest BCUT2D eigenvalue weighted by Crippen LogP contribution is -2.39. The summed E-state index contributed by atoms with van der Waals surface area (Å²) in [6.07, 6.45) is 4.82. The maximum Gasteiger partial charge on any atom is 0.323 e. The fraction of sp³-hybridized carbons (Fsp3) is 0.643. The number of carbonyl (C=O) groups excluding carboxylic acids is 1. The van der Waals surface area contributed by atoms with Gasteiger partial charge in [0.05, 0.1) is 12.9 Å². The molecule has 0 aliphatic heterocycles. The van der Waals surface area contributed by atoms with E-state index in [1.165, 1.54) is 12.8 Å². The van der Waals surface area contributed by atoms with Crippen molar-refractivity contribution in [1.29, 1.82) is 0 Å². The van der Waals surface area contributed by atoms with Crippen LogP contribution in [0.1, 0.15) is 31.9 Å². The SMILES string of the molecule is CCOC(=O)C(CCSc1ccoc1C)NC1CC1. The molecule has 1 aromatic rings. The largest absolute Gasteiger partial charge is 0.468 e. The van der Waals surface area contributed by atoms with Gasteiger partial charge in [0.15, 0.2) is 0 Å². The van der Waals surface area contributed by atoms with Crippen LogP contribution >= 0.6 is 11.8 Å². The molecule has 19 heavy (non-hydrogen) atoms. The van der Waals surface area contributed by atoms with Crippen molar-refractivity contribution >= 4 is 17.7 Å². The third-order valence-corrected chi connectivity index (χ3v) is 4.24. The zero-order valence-corrected chi connectivity index (χ0v) is 12.3. The van der Waals surface area contributed by atoms with Crippen molar-refractivity contribution in [2.75, 3.05) is 12.4 Å². The first-order valence-corrected chi connectivity index (χ1v) is 7.79. The van der Waals surface area contributed by atoms with Crippen LogP contribution in [0.25, 0.3) is 0 Å². The molecule has 0 aromatic carbocycles. The summed E-state index contributed by atoms with van der Waals surface area (Å²) >= 11 is 1.72. The molecule has 4 nitrogen and oxygen atoms in total. The summed E-state index contributed by atoms with van der Waals surface area (Å²) in [7, 11) is 0. The molecule has 1 aliphatic carbocycles. The predicted molar refractivity (Wildman–Crippen MR) is 75.4 cm³/mol. The van der Waals surface area contributed by atoms with Gasteiger partial charge in [-0.2, -0.15) is 0 Å². The number of furan rings is 1. The molecule has 1 aliphatic rings. The predicted octanol–water partition coefficient (Wildman–Crippen LogP) is 2.75. The number of nitrogens with one attached hydrogen (secondary N) is 1. The van der Waals surface area contributed by atoms with E-state index in [4.69, 9.17) is 9.15 Å². The molecule has 1 heterocycles. The summed E-state index contributed by atoms with van der Waals surface area (Å²) in [6.45, 7) is 4.24. The molecule has 0 saturated heterocycles.